The van der Waals surface area contributed by atoms with E-state index in [2.05, 4.69) is 45.7 Å². The van der Waals surface area contributed by atoms with Crippen LogP contribution in [0, 0.1) is 0 Å². The lowest BCUT2D eigenvalue weighted by molar-refractivity contribution is 0.369. The summed E-state index contributed by atoms with van der Waals surface area (Å²) in [7, 11) is 1.83. The summed E-state index contributed by atoms with van der Waals surface area (Å²) in [5.74, 6) is 1.74. The number of imidazole rings is 1. The number of hydrogen-bond acceptors (Lipinski definition) is 5. The quantitative estimate of drug-likeness (QED) is 0.341. The molecule has 4 rings (SSSR count). The van der Waals surface area contributed by atoms with Crippen molar-refractivity contribution in [2.75, 3.05) is 44.7 Å². The second-order valence-electron chi connectivity index (χ2n) is 6.42. The summed E-state index contributed by atoms with van der Waals surface area (Å²) >= 11 is 0. The molecule has 148 valence electrons. The smallest absolute Gasteiger partial charge is 0.225 e. The van der Waals surface area contributed by atoms with E-state index in [0.29, 0.717) is 0 Å². The molecule has 2 aromatic heterocycles. The van der Waals surface area contributed by atoms with Crippen molar-refractivity contribution in [2.24, 2.45) is 4.99 Å². The minimum Gasteiger partial charge on any atom is -0.354 e. The maximum absolute atomic E-state index is 4.45. The van der Waals surface area contributed by atoms with Crippen molar-refractivity contribution in [3.8, 4) is 0 Å². The van der Waals surface area contributed by atoms with E-state index in [9.17, 15) is 0 Å². The van der Waals surface area contributed by atoms with E-state index in [1.165, 1.54) is 0 Å². The fourth-order valence-electron chi connectivity index (χ4n) is 3.38. The molecule has 0 atom stereocenters. The molecule has 0 spiro atoms. The number of hydrogen-bond donors (Lipinski definition) is 1. The highest BCUT2D eigenvalue weighted by atomic mass is 127. The summed E-state index contributed by atoms with van der Waals surface area (Å²) in [6.45, 7) is 5.21. The van der Waals surface area contributed by atoms with Crippen molar-refractivity contribution in [1.82, 2.24) is 29.7 Å². The van der Waals surface area contributed by atoms with Crippen LogP contribution in [0.25, 0.3) is 11.0 Å². The fraction of sp³-hybridized carbons (Fsp3) is 0.368. The van der Waals surface area contributed by atoms with Gasteiger partial charge in [-0.15, -0.1) is 24.0 Å². The third kappa shape index (κ3) is 4.51. The summed E-state index contributed by atoms with van der Waals surface area (Å²) in [5, 5.41) is 3.47. The minimum atomic E-state index is 0. The van der Waals surface area contributed by atoms with Gasteiger partial charge in [0.15, 0.2) is 5.96 Å². The van der Waals surface area contributed by atoms with Crippen molar-refractivity contribution in [3.05, 3.63) is 49.1 Å². The van der Waals surface area contributed by atoms with Gasteiger partial charge in [0.05, 0.1) is 17.4 Å². The molecule has 9 heteroatoms. The van der Waals surface area contributed by atoms with Crippen LogP contribution in [0.3, 0.4) is 0 Å². The van der Waals surface area contributed by atoms with E-state index >= 15 is 0 Å². The van der Waals surface area contributed by atoms with Crippen LogP contribution >= 0.6 is 24.0 Å². The minimum absolute atomic E-state index is 0. The van der Waals surface area contributed by atoms with Gasteiger partial charge in [0.25, 0.3) is 0 Å². The Morgan fingerprint density at radius 1 is 1.04 bits per heavy atom. The molecule has 0 amide bonds. The summed E-state index contributed by atoms with van der Waals surface area (Å²) < 4.78 is 2.17. The van der Waals surface area contributed by atoms with Gasteiger partial charge in [-0.25, -0.2) is 15.0 Å². The SMILES string of the molecule is CN=C(NCCn1cnc2ccccc21)N1CCN(c2ncccn2)CC1.I. The van der Waals surface area contributed by atoms with Crippen LogP contribution in [0.4, 0.5) is 5.95 Å². The van der Waals surface area contributed by atoms with E-state index in [-0.39, 0.29) is 24.0 Å². The first-order chi connectivity index (χ1) is 13.3. The fourth-order valence-corrected chi connectivity index (χ4v) is 3.38. The van der Waals surface area contributed by atoms with Crippen molar-refractivity contribution >= 4 is 46.9 Å². The molecule has 3 heterocycles. The molecule has 0 saturated carbocycles. The molecule has 8 nitrogen and oxygen atoms in total. The van der Waals surface area contributed by atoms with Gasteiger partial charge in [0.2, 0.25) is 5.95 Å². The molecular weight excluding hydrogens is 467 g/mol. The maximum atomic E-state index is 4.45. The van der Waals surface area contributed by atoms with Gasteiger partial charge in [0.1, 0.15) is 0 Å². The van der Waals surface area contributed by atoms with Crippen LogP contribution in [0.15, 0.2) is 54.0 Å². The zero-order chi connectivity index (χ0) is 18.5. The van der Waals surface area contributed by atoms with Crippen molar-refractivity contribution in [3.63, 3.8) is 0 Å². The molecule has 0 radical (unpaired) electrons. The Labute approximate surface area is 181 Å². The third-order valence-electron chi connectivity index (χ3n) is 4.79. The number of para-hydroxylation sites is 2. The number of aromatic nitrogens is 4. The number of anilines is 1. The Morgan fingerprint density at radius 3 is 2.54 bits per heavy atom. The first-order valence-electron chi connectivity index (χ1n) is 9.22. The molecule has 0 aliphatic carbocycles. The molecule has 28 heavy (non-hydrogen) atoms. The van der Waals surface area contributed by atoms with Crippen LogP contribution in [0.2, 0.25) is 0 Å². The van der Waals surface area contributed by atoms with E-state index in [1.54, 1.807) is 12.4 Å². The summed E-state index contributed by atoms with van der Waals surface area (Å²) in [6, 6.07) is 10.0. The van der Waals surface area contributed by atoms with Crippen molar-refractivity contribution < 1.29 is 0 Å². The number of aliphatic imine (C=N–C) groups is 1. The first kappa shape index (κ1) is 20.3. The van der Waals surface area contributed by atoms with Crippen LogP contribution in [0.5, 0.6) is 0 Å². The Kier molecular flexibility index (Phi) is 7.01. The van der Waals surface area contributed by atoms with Crippen LogP contribution in [0.1, 0.15) is 0 Å². The summed E-state index contributed by atoms with van der Waals surface area (Å²) in [5.41, 5.74) is 2.19. The second kappa shape index (κ2) is 9.67. The van der Waals surface area contributed by atoms with Gasteiger partial charge in [-0.2, -0.15) is 0 Å². The first-order valence-corrected chi connectivity index (χ1v) is 9.22. The molecule has 1 aromatic carbocycles. The molecule has 1 N–H and O–H groups in total. The number of rotatable bonds is 4. The van der Waals surface area contributed by atoms with E-state index in [0.717, 1.165) is 62.2 Å². The molecule has 0 unspecified atom stereocenters. The Bertz CT molecular complexity index is 902. The molecule has 1 fully saturated rings. The normalized spacial score (nSPS) is 14.8. The molecule has 1 saturated heterocycles. The van der Waals surface area contributed by atoms with Crippen LogP contribution < -0.4 is 10.2 Å². The Morgan fingerprint density at radius 2 is 1.79 bits per heavy atom. The van der Waals surface area contributed by atoms with Gasteiger partial charge in [-0.05, 0) is 18.2 Å². The molecule has 3 aromatic rings. The zero-order valence-corrected chi connectivity index (χ0v) is 18.2. The second-order valence-corrected chi connectivity index (χ2v) is 6.42. The summed E-state index contributed by atoms with van der Waals surface area (Å²) in [6.07, 6.45) is 5.47. The van der Waals surface area contributed by atoms with Crippen LogP contribution in [-0.2, 0) is 6.54 Å². The number of piperazine rings is 1. The topological polar surface area (TPSA) is 74.5 Å². The highest BCUT2D eigenvalue weighted by Crippen LogP contribution is 2.12. The summed E-state index contributed by atoms with van der Waals surface area (Å²) in [4.78, 5) is 22.1. The molecular formula is C19H25IN8. The predicted octanol–water partition coefficient (Wildman–Crippen LogP) is 1.84. The zero-order valence-electron chi connectivity index (χ0n) is 15.9. The van der Waals surface area contributed by atoms with Gasteiger partial charge < -0.3 is 19.7 Å². The van der Waals surface area contributed by atoms with Gasteiger partial charge in [-0.3, -0.25) is 4.99 Å². The number of nitrogens with zero attached hydrogens (tertiary/aromatic N) is 7. The number of benzene rings is 1. The molecule has 1 aliphatic heterocycles. The highest BCUT2D eigenvalue weighted by Gasteiger charge is 2.20. The largest absolute Gasteiger partial charge is 0.354 e. The van der Waals surface area contributed by atoms with Gasteiger partial charge in [-0.1, -0.05) is 12.1 Å². The Balaban J connectivity index is 0.00000225. The standard InChI is InChI=1S/C19H24N8.HI/c1-20-18(23-9-10-27-15-24-16-5-2-3-6-17(16)27)25-11-13-26(14-12-25)19-21-7-4-8-22-19;/h2-8,15H,9-14H2,1H3,(H,20,23);1H. The monoisotopic (exact) mass is 492 g/mol. The molecule has 0 bridgehead atoms. The number of guanidine groups is 1. The van der Waals surface area contributed by atoms with Gasteiger partial charge >= 0.3 is 0 Å². The predicted molar refractivity (Wildman–Crippen MR) is 122 cm³/mol. The van der Waals surface area contributed by atoms with E-state index in [1.807, 2.05) is 37.6 Å². The van der Waals surface area contributed by atoms with Gasteiger partial charge in [0, 0.05) is 58.7 Å². The van der Waals surface area contributed by atoms with Crippen molar-refractivity contribution in [2.45, 2.75) is 6.54 Å². The lowest BCUT2D eigenvalue weighted by Gasteiger charge is -2.36. The van der Waals surface area contributed by atoms with Crippen LogP contribution in [-0.4, -0.2) is 70.1 Å². The third-order valence-corrected chi connectivity index (χ3v) is 4.79. The lowest BCUT2D eigenvalue weighted by Crippen LogP contribution is -2.53. The van der Waals surface area contributed by atoms with E-state index < -0.39 is 0 Å². The lowest BCUT2D eigenvalue weighted by atomic mass is 10.3. The average Bonchev–Trinajstić information content (AvgIpc) is 3.15. The number of fused-ring (bicyclic) bond motifs is 1. The number of halogens is 1. The highest BCUT2D eigenvalue weighted by molar-refractivity contribution is 14.0. The molecule has 1 aliphatic rings. The maximum Gasteiger partial charge on any atom is 0.225 e. The van der Waals surface area contributed by atoms with Crippen molar-refractivity contribution in [1.29, 1.82) is 0 Å². The van der Waals surface area contributed by atoms with E-state index in [4.69, 9.17) is 0 Å². The number of nitrogens with one attached hydrogen (secondary N) is 1. The average molecular weight is 492 g/mol. The Hall–Kier alpha value is -2.43.